The van der Waals surface area contributed by atoms with E-state index in [0.29, 0.717) is 50.6 Å². The molecule has 0 bridgehead atoms. The van der Waals surface area contributed by atoms with Crippen molar-refractivity contribution in [2.75, 3.05) is 45.2 Å². The van der Waals surface area contributed by atoms with Gasteiger partial charge in [0.25, 0.3) is 0 Å². The van der Waals surface area contributed by atoms with Crippen LogP contribution in [0.2, 0.25) is 0 Å². The molecule has 3 aromatic heterocycles. The quantitative estimate of drug-likeness (QED) is 0.294. The van der Waals surface area contributed by atoms with Gasteiger partial charge in [0.15, 0.2) is 0 Å². The van der Waals surface area contributed by atoms with Crippen molar-refractivity contribution in [3.8, 4) is 29.5 Å². The van der Waals surface area contributed by atoms with Gasteiger partial charge in [-0.2, -0.15) is 16.4 Å². The molecular formula is C32H32N6O3S. The van der Waals surface area contributed by atoms with E-state index in [9.17, 15) is 9.59 Å². The molecule has 2 N–H and O–H groups in total. The molecule has 0 aliphatic carbocycles. The average molecular weight is 581 g/mol. The van der Waals surface area contributed by atoms with E-state index < -0.39 is 5.41 Å². The smallest absolute Gasteiger partial charge is 0.237 e. The van der Waals surface area contributed by atoms with Crippen molar-refractivity contribution in [3.05, 3.63) is 65.0 Å². The van der Waals surface area contributed by atoms with E-state index in [-0.39, 0.29) is 18.4 Å². The Balaban J connectivity index is 1.13. The van der Waals surface area contributed by atoms with E-state index in [4.69, 9.17) is 11.2 Å². The van der Waals surface area contributed by atoms with Crippen molar-refractivity contribution >= 4 is 45.3 Å². The molecule has 0 spiro atoms. The number of hydrogen-bond donors (Lipinski definition) is 2. The van der Waals surface area contributed by atoms with E-state index in [1.54, 1.807) is 24.6 Å². The number of nitrogens with zero attached hydrogens (tertiary/aromatic N) is 4. The molecule has 42 heavy (non-hydrogen) atoms. The van der Waals surface area contributed by atoms with Gasteiger partial charge in [0.05, 0.1) is 24.6 Å². The van der Waals surface area contributed by atoms with E-state index in [0.717, 1.165) is 28.6 Å². The molecular weight excluding hydrogens is 548 g/mol. The number of aromatic amines is 1. The van der Waals surface area contributed by atoms with Crippen LogP contribution in [-0.2, 0) is 9.59 Å². The molecule has 2 aliphatic heterocycles. The number of amides is 2. The predicted octanol–water partition coefficient (Wildman–Crippen LogP) is 4.66. The fourth-order valence-corrected chi connectivity index (χ4v) is 6.52. The summed E-state index contributed by atoms with van der Waals surface area (Å²) >= 11 is 1.68. The van der Waals surface area contributed by atoms with Crippen molar-refractivity contribution in [2.24, 2.45) is 5.41 Å². The number of fused-ring (bicyclic) bond motifs is 1. The molecule has 214 valence electrons. The van der Waals surface area contributed by atoms with Crippen molar-refractivity contribution in [1.82, 2.24) is 25.0 Å². The van der Waals surface area contributed by atoms with E-state index in [1.807, 2.05) is 35.2 Å². The molecule has 6 rings (SSSR count). The van der Waals surface area contributed by atoms with Crippen LogP contribution in [0.1, 0.15) is 24.8 Å². The minimum absolute atomic E-state index is 0.0817. The Kier molecular flexibility index (Phi) is 7.78. The third-order valence-electron chi connectivity index (χ3n) is 8.21. The number of carbonyl (C=O) groups is 2. The Morgan fingerprint density at radius 3 is 2.88 bits per heavy atom. The minimum Gasteiger partial charge on any atom is -0.481 e. The number of thiophene rings is 1. The van der Waals surface area contributed by atoms with Crippen LogP contribution in [0.3, 0.4) is 0 Å². The molecule has 1 aromatic carbocycles. The lowest BCUT2D eigenvalue weighted by Crippen LogP contribution is -2.43. The van der Waals surface area contributed by atoms with Crippen LogP contribution in [0, 0.1) is 17.8 Å². The van der Waals surface area contributed by atoms with E-state index in [2.05, 4.69) is 54.2 Å². The van der Waals surface area contributed by atoms with Crippen LogP contribution in [0.15, 0.2) is 59.4 Å². The highest BCUT2D eigenvalue weighted by Gasteiger charge is 2.44. The van der Waals surface area contributed by atoms with Gasteiger partial charge < -0.3 is 15.0 Å². The molecule has 1 atom stereocenters. The number of pyridine rings is 1. The molecule has 9 nitrogen and oxygen atoms in total. The Bertz CT molecular complexity index is 1690. The Hall–Kier alpha value is -4.46. The van der Waals surface area contributed by atoms with Crippen LogP contribution in [0.5, 0.6) is 5.88 Å². The maximum atomic E-state index is 13.7. The second kappa shape index (κ2) is 11.8. The lowest BCUT2D eigenvalue weighted by molar-refractivity contribution is -0.132. The molecule has 10 heteroatoms. The van der Waals surface area contributed by atoms with Gasteiger partial charge in [0.1, 0.15) is 5.69 Å². The number of likely N-dealkylation sites (tertiary alicyclic amines) is 1. The maximum Gasteiger partial charge on any atom is 0.237 e. The monoisotopic (exact) mass is 580 g/mol. The predicted molar refractivity (Wildman–Crippen MR) is 165 cm³/mol. The van der Waals surface area contributed by atoms with Crippen molar-refractivity contribution < 1.29 is 14.3 Å². The van der Waals surface area contributed by atoms with Gasteiger partial charge in [-0.05, 0) is 71.6 Å². The number of methoxy groups -OCH3 is 1. The minimum atomic E-state index is -0.768. The lowest BCUT2D eigenvalue weighted by Gasteiger charge is -2.29. The Morgan fingerprint density at radius 2 is 2.12 bits per heavy atom. The van der Waals surface area contributed by atoms with Crippen LogP contribution in [-0.4, -0.2) is 76.6 Å². The first-order chi connectivity index (χ1) is 20.5. The highest BCUT2D eigenvalue weighted by atomic mass is 32.1. The zero-order valence-electron chi connectivity index (χ0n) is 23.4. The fourth-order valence-electron chi connectivity index (χ4n) is 5.84. The summed E-state index contributed by atoms with van der Waals surface area (Å²) < 4.78 is 5.27. The van der Waals surface area contributed by atoms with Gasteiger partial charge in [0, 0.05) is 55.0 Å². The summed E-state index contributed by atoms with van der Waals surface area (Å²) in [7, 11) is 1.57. The van der Waals surface area contributed by atoms with Gasteiger partial charge in [0.2, 0.25) is 17.7 Å². The molecule has 0 radical (unpaired) electrons. The standard InChI is InChI=1S/C32H32N6O3S/c1-3-10-32(11-15-37(21-32)19-29(39)38-13-7-22(8-14-38)24-9-16-42-20-24)31(40)34-25-4-5-27-26(18-25)30(36-35-27)23-6-12-33-28(17-23)41-2/h1,4-7,9,12,16-18,20H,8,10-11,13-15,19,21H2,2H3,(H,34,40)(H,35,36). The summed E-state index contributed by atoms with van der Waals surface area (Å²) in [6, 6.07) is 11.5. The van der Waals surface area contributed by atoms with Crippen LogP contribution in [0.4, 0.5) is 5.69 Å². The third kappa shape index (κ3) is 5.53. The Labute approximate surface area is 248 Å². The highest BCUT2D eigenvalue weighted by molar-refractivity contribution is 7.08. The molecule has 5 heterocycles. The van der Waals surface area contributed by atoms with Gasteiger partial charge >= 0.3 is 0 Å². The lowest BCUT2D eigenvalue weighted by atomic mass is 9.82. The first-order valence-corrected chi connectivity index (χ1v) is 14.9. The second-order valence-corrected chi connectivity index (χ2v) is 11.6. The summed E-state index contributed by atoms with van der Waals surface area (Å²) in [5.74, 6) is 3.16. The van der Waals surface area contributed by atoms with Gasteiger partial charge in [-0.3, -0.25) is 19.6 Å². The van der Waals surface area contributed by atoms with Crippen LogP contribution < -0.4 is 10.1 Å². The second-order valence-electron chi connectivity index (χ2n) is 10.8. The zero-order chi connectivity index (χ0) is 29.1. The van der Waals surface area contributed by atoms with Crippen LogP contribution >= 0.6 is 11.3 Å². The summed E-state index contributed by atoms with van der Waals surface area (Å²) in [5, 5.41) is 15.7. The first-order valence-electron chi connectivity index (χ1n) is 13.9. The molecule has 2 amide bonds. The van der Waals surface area contributed by atoms with Crippen molar-refractivity contribution in [3.63, 3.8) is 0 Å². The van der Waals surface area contributed by atoms with Gasteiger partial charge in [-0.25, -0.2) is 4.98 Å². The number of benzene rings is 1. The van der Waals surface area contributed by atoms with E-state index >= 15 is 0 Å². The number of anilines is 1. The van der Waals surface area contributed by atoms with Crippen molar-refractivity contribution in [1.29, 1.82) is 0 Å². The Morgan fingerprint density at radius 1 is 1.21 bits per heavy atom. The first kappa shape index (κ1) is 27.7. The number of ether oxygens (including phenoxy) is 1. The number of hydrogen-bond acceptors (Lipinski definition) is 7. The number of aromatic nitrogens is 3. The van der Waals surface area contributed by atoms with Crippen LogP contribution in [0.25, 0.3) is 27.7 Å². The average Bonchev–Trinajstić information content (AvgIpc) is 3.78. The van der Waals surface area contributed by atoms with Gasteiger partial charge in [-0.1, -0.05) is 6.08 Å². The topological polar surface area (TPSA) is 103 Å². The number of carbonyl (C=O) groups excluding carboxylic acids is 2. The molecule has 1 fully saturated rings. The largest absolute Gasteiger partial charge is 0.481 e. The zero-order valence-corrected chi connectivity index (χ0v) is 24.2. The SMILES string of the molecule is C#CCC1(C(=O)Nc2ccc3[nH]nc(-c4ccnc(OC)c4)c3c2)CCN(CC(=O)N2CC=C(c3ccsc3)CC2)C1. The van der Waals surface area contributed by atoms with E-state index in [1.165, 1.54) is 11.1 Å². The number of rotatable bonds is 8. The maximum absolute atomic E-state index is 13.7. The molecule has 2 aliphatic rings. The number of H-pyrrole nitrogens is 1. The summed E-state index contributed by atoms with van der Waals surface area (Å²) in [4.78, 5) is 35.0. The normalized spacial score (nSPS) is 19.0. The summed E-state index contributed by atoms with van der Waals surface area (Å²) in [6.07, 6.45) is 11.3. The molecule has 1 saturated heterocycles. The number of nitrogens with one attached hydrogen (secondary N) is 2. The van der Waals surface area contributed by atoms with Gasteiger partial charge in [-0.15, -0.1) is 12.3 Å². The molecule has 4 aromatic rings. The molecule has 1 unspecified atom stereocenters. The number of terminal acetylenes is 1. The third-order valence-corrected chi connectivity index (χ3v) is 8.89. The summed E-state index contributed by atoms with van der Waals surface area (Å²) in [5.41, 5.74) is 4.87. The molecule has 0 saturated carbocycles. The fraction of sp³-hybridized carbons (Fsp3) is 0.312. The van der Waals surface area contributed by atoms with Crippen molar-refractivity contribution in [2.45, 2.75) is 19.3 Å². The summed E-state index contributed by atoms with van der Waals surface area (Å²) in [6.45, 7) is 2.67. The highest BCUT2D eigenvalue weighted by Crippen LogP contribution is 2.36.